The highest BCUT2D eigenvalue weighted by atomic mass is 35.5. The van der Waals surface area contributed by atoms with E-state index in [1.807, 2.05) is 6.07 Å². The third-order valence-electron chi connectivity index (χ3n) is 3.28. The lowest BCUT2D eigenvalue weighted by atomic mass is 10.2. The van der Waals surface area contributed by atoms with Gasteiger partial charge in [-0.3, -0.25) is 4.98 Å². The van der Waals surface area contributed by atoms with Crippen molar-refractivity contribution in [3.63, 3.8) is 0 Å². The highest BCUT2D eigenvalue weighted by Gasteiger charge is 2.23. The van der Waals surface area contributed by atoms with E-state index in [9.17, 15) is 5.11 Å². The van der Waals surface area contributed by atoms with Crippen LogP contribution in [0.15, 0.2) is 18.5 Å². The maximum atomic E-state index is 9.53. The molecular formula is C12H13ClN4O. The number of hydrogen-bond donors (Lipinski definition) is 2. The van der Waals surface area contributed by atoms with Gasteiger partial charge < -0.3 is 10.4 Å². The number of aliphatic hydroxyl groups excluding tert-OH is 1. The predicted octanol–water partition coefficient (Wildman–Crippen LogP) is 2.00. The molecule has 1 saturated carbocycles. The molecule has 0 aliphatic heterocycles. The van der Waals surface area contributed by atoms with Crippen molar-refractivity contribution >= 4 is 28.2 Å². The summed E-state index contributed by atoms with van der Waals surface area (Å²) in [4.78, 5) is 4.09. The molecule has 1 aliphatic carbocycles. The molecule has 2 aromatic heterocycles. The summed E-state index contributed by atoms with van der Waals surface area (Å²) in [6.45, 7) is 0. The minimum absolute atomic E-state index is 0.216. The second kappa shape index (κ2) is 4.66. The Morgan fingerprint density at radius 1 is 1.28 bits per heavy atom. The second-order valence-corrected chi connectivity index (χ2v) is 4.93. The minimum Gasteiger partial charge on any atom is -0.393 e. The van der Waals surface area contributed by atoms with Crippen molar-refractivity contribution in [3.8, 4) is 0 Å². The lowest BCUT2D eigenvalue weighted by molar-refractivity contribution is 0.182. The highest BCUT2D eigenvalue weighted by Crippen LogP contribution is 2.28. The van der Waals surface area contributed by atoms with E-state index in [1.54, 1.807) is 12.4 Å². The summed E-state index contributed by atoms with van der Waals surface area (Å²) in [5, 5.41) is 22.9. The Morgan fingerprint density at radius 2 is 2.17 bits per heavy atom. The monoisotopic (exact) mass is 264 g/mol. The molecule has 2 aromatic rings. The van der Waals surface area contributed by atoms with Gasteiger partial charge in [-0.05, 0) is 25.3 Å². The van der Waals surface area contributed by atoms with Crippen molar-refractivity contribution < 1.29 is 5.11 Å². The van der Waals surface area contributed by atoms with Gasteiger partial charge in [0.05, 0.1) is 6.10 Å². The molecule has 0 radical (unpaired) electrons. The van der Waals surface area contributed by atoms with Gasteiger partial charge in [0.1, 0.15) is 0 Å². The van der Waals surface area contributed by atoms with Gasteiger partial charge in [0, 0.05) is 29.2 Å². The maximum absolute atomic E-state index is 9.53. The lowest BCUT2D eigenvalue weighted by Gasteiger charge is -2.14. The molecule has 3 rings (SSSR count). The Kier molecular flexibility index (Phi) is 3.01. The first-order valence-corrected chi connectivity index (χ1v) is 6.32. The normalized spacial score (nSPS) is 23.4. The van der Waals surface area contributed by atoms with Gasteiger partial charge in [-0.2, -0.15) is 0 Å². The van der Waals surface area contributed by atoms with E-state index in [0.717, 1.165) is 30.0 Å². The number of halogens is 1. The van der Waals surface area contributed by atoms with Gasteiger partial charge in [-0.25, -0.2) is 0 Å². The van der Waals surface area contributed by atoms with Crippen LogP contribution in [0.2, 0.25) is 5.15 Å². The first-order valence-electron chi connectivity index (χ1n) is 5.94. The van der Waals surface area contributed by atoms with Gasteiger partial charge in [-0.15, -0.1) is 10.2 Å². The number of nitrogens with zero attached hydrogens (tertiary/aromatic N) is 3. The molecule has 1 unspecified atom stereocenters. The number of pyridine rings is 1. The van der Waals surface area contributed by atoms with Crippen molar-refractivity contribution in [2.45, 2.75) is 31.4 Å². The number of fused-ring (bicyclic) bond motifs is 1. The van der Waals surface area contributed by atoms with Crippen molar-refractivity contribution in [2.75, 3.05) is 5.32 Å². The Labute approximate surface area is 109 Å². The molecule has 0 amide bonds. The average molecular weight is 265 g/mol. The van der Waals surface area contributed by atoms with Crippen LogP contribution in [0.5, 0.6) is 0 Å². The topological polar surface area (TPSA) is 70.9 Å². The molecule has 6 heteroatoms. The van der Waals surface area contributed by atoms with Gasteiger partial charge in [0.15, 0.2) is 11.0 Å². The molecular weight excluding hydrogens is 252 g/mol. The summed E-state index contributed by atoms with van der Waals surface area (Å²) >= 11 is 6.00. The molecule has 18 heavy (non-hydrogen) atoms. The molecule has 0 spiro atoms. The number of aromatic nitrogens is 3. The summed E-state index contributed by atoms with van der Waals surface area (Å²) in [5.74, 6) is 0.682. The van der Waals surface area contributed by atoms with Crippen LogP contribution in [-0.4, -0.2) is 32.4 Å². The van der Waals surface area contributed by atoms with Crippen LogP contribution in [-0.2, 0) is 0 Å². The summed E-state index contributed by atoms with van der Waals surface area (Å²) in [6, 6.07) is 2.06. The van der Waals surface area contributed by atoms with Crippen LogP contribution < -0.4 is 5.32 Å². The van der Waals surface area contributed by atoms with E-state index in [-0.39, 0.29) is 12.1 Å². The van der Waals surface area contributed by atoms with Crippen LogP contribution in [0.25, 0.3) is 10.8 Å². The Balaban J connectivity index is 1.95. The minimum atomic E-state index is -0.216. The van der Waals surface area contributed by atoms with Crippen LogP contribution in [0.4, 0.5) is 5.82 Å². The first-order chi connectivity index (χ1) is 8.74. The molecule has 1 aliphatic rings. The quantitative estimate of drug-likeness (QED) is 0.868. The number of anilines is 1. The smallest absolute Gasteiger partial charge is 0.159 e. The van der Waals surface area contributed by atoms with E-state index >= 15 is 0 Å². The fourth-order valence-electron chi connectivity index (χ4n) is 2.35. The van der Waals surface area contributed by atoms with Crippen molar-refractivity contribution in [1.29, 1.82) is 0 Å². The SMILES string of the molecule is O[C@H]1CCC(Nc2nnc(Cl)c3ccncc23)C1. The Morgan fingerprint density at radius 3 is 2.94 bits per heavy atom. The Hall–Kier alpha value is -1.46. The van der Waals surface area contributed by atoms with Crippen molar-refractivity contribution in [3.05, 3.63) is 23.6 Å². The third-order valence-corrected chi connectivity index (χ3v) is 3.56. The van der Waals surface area contributed by atoms with Crippen molar-refractivity contribution in [2.24, 2.45) is 0 Å². The van der Waals surface area contributed by atoms with E-state index < -0.39 is 0 Å². The molecule has 0 bridgehead atoms. The van der Waals surface area contributed by atoms with Gasteiger partial charge >= 0.3 is 0 Å². The molecule has 0 saturated heterocycles. The largest absolute Gasteiger partial charge is 0.393 e. The molecule has 2 heterocycles. The molecule has 2 N–H and O–H groups in total. The fraction of sp³-hybridized carbons (Fsp3) is 0.417. The van der Waals surface area contributed by atoms with E-state index in [4.69, 9.17) is 11.6 Å². The molecule has 2 atom stereocenters. The zero-order valence-corrected chi connectivity index (χ0v) is 10.4. The molecule has 94 valence electrons. The van der Waals surface area contributed by atoms with E-state index in [2.05, 4.69) is 20.5 Å². The Bertz CT molecular complexity index is 577. The average Bonchev–Trinajstić information content (AvgIpc) is 2.79. The zero-order chi connectivity index (χ0) is 12.5. The van der Waals surface area contributed by atoms with Crippen molar-refractivity contribution in [1.82, 2.24) is 15.2 Å². The number of hydrogen-bond acceptors (Lipinski definition) is 5. The van der Waals surface area contributed by atoms with Gasteiger partial charge in [-0.1, -0.05) is 11.6 Å². The molecule has 5 nitrogen and oxygen atoms in total. The zero-order valence-electron chi connectivity index (χ0n) is 9.67. The van der Waals surface area contributed by atoms with Crippen LogP contribution >= 0.6 is 11.6 Å². The standard InChI is InChI=1S/C12H13ClN4O/c13-11-9-3-4-14-6-10(9)12(17-16-11)15-7-1-2-8(18)5-7/h3-4,6-8,18H,1-2,5H2,(H,15,17)/t7?,8-/m0/s1. The number of rotatable bonds is 2. The first kappa shape index (κ1) is 11.6. The van der Waals surface area contributed by atoms with E-state index in [0.29, 0.717) is 11.0 Å². The van der Waals surface area contributed by atoms with Crippen LogP contribution in [0.3, 0.4) is 0 Å². The van der Waals surface area contributed by atoms with E-state index in [1.165, 1.54) is 0 Å². The summed E-state index contributed by atoms with van der Waals surface area (Å²) < 4.78 is 0. The summed E-state index contributed by atoms with van der Waals surface area (Å²) in [5.41, 5.74) is 0. The number of nitrogens with one attached hydrogen (secondary N) is 1. The molecule has 0 aromatic carbocycles. The fourth-order valence-corrected chi connectivity index (χ4v) is 2.56. The summed E-state index contributed by atoms with van der Waals surface area (Å²) in [7, 11) is 0. The van der Waals surface area contributed by atoms with Crippen LogP contribution in [0.1, 0.15) is 19.3 Å². The lowest BCUT2D eigenvalue weighted by Crippen LogP contribution is -2.18. The van der Waals surface area contributed by atoms with Gasteiger partial charge in [0.2, 0.25) is 0 Å². The third kappa shape index (κ3) is 2.11. The second-order valence-electron chi connectivity index (χ2n) is 4.57. The predicted molar refractivity (Wildman–Crippen MR) is 69.6 cm³/mol. The van der Waals surface area contributed by atoms with Crippen LogP contribution in [0, 0.1) is 0 Å². The molecule has 1 fully saturated rings. The summed E-state index contributed by atoms with van der Waals surface area (Å²) in [6.07, 6.45) is 5.70. The van der Waals surface area contributed by atoms with Gasteiger partial charge in [0.25, 0.3) is 0 Å². The maximum Gasteiger partial charge on any atom is 0.159 e. The number of aliphatic hydroxyl groups is 1. The highest BCUT2D eigenvalue weighted by molar-refractivity contribution is 6.34.